The number of benzene rings is 11. The fraction of sp³-hybridized carbons (Fsp3) is 0. The Bertz CT molecular complexity index is 3440. The van der Waals surface area contributed by atoms with Gasteiger partial charge in [-0.3, -0.25) is 0 Å². The molecule has 0 nitrogen and oxygen atoms in total. The second-order valence-electron chi connectivity index (χ2n) is 14.8. The first-order chi connectivity index (χ1) is 25.8. The van der Waals surface area contributed by atoms with Gasteiger partial charge in [-0.15, -0.1) is 0 Å². The summed E-state index contributed by atoms with van der Waals surface area (Å²) in [6.07, 6.45) is 0. The van der Waals surface area contributed by atoms with Gasteiger partial charge in [-0.25, -0.2) is 0 Å². The lowest BCUT2D eigenvalue weighted by Crippen LogP contribution is -1.87. The Morgan fingerprint density at radius 1 is 0.212 bits per heavy atom. The van der Waals surface area contributed by atoms with Crippen molar-refractivity contribution in [3.63, 3.8) is 0 Å². The molecule has 11 aromatic carbocycles. The maximum atomic E-state index is 2.50. The summed E-state index contributed by atoms with van der Waals surface area (Å²) in [5.41, 5.74) is 13.3. The summed E-state index contributed by atoms with van der Waals surface area (Å²) in [5.74, 6) is 0. The molecule has 2 aliphatic rings. The van der Waals surface area contributed by atoms with Crippen LogP contribution in [0.3, 0.4) is 0 Å². The standard InChI is InChI=1S/C52H28/c1-2-9-29(10-3-1)36-21-22-41-35-14-7-5-12-31(35)26-48-45-24-33-18-19-37-38(43(33)28-49(45)51(36)52(41)48)20-17-32-23-44-46(27-42(32)37)40-16-8-15-39-34-13-6-4-11-30(34)25-47(44)50(39)40/h1-28H. The zero-order valence-corrected chi connectivity index (χ0v) is 28.2. The molecule has 0 spiro atoms. The first-order valence-corrected chi connectivity index (χ1v) is 18.3. The highest BCUT2D eigenvalue weighted by atomic mass is 14.3. The molecule has 0 heteroatoms. The average Bonchev–Trinajstić information content (AvgIpc) is 3.69. The van der Waals surface area contributed by atoms with Crippen molar-refractivity contribution in [3.05, 3.63) is 170 Å². The van der Waals surface area contributed by atoms with E-state index in [9.17, 15) is 0 Å². The number of hydrogen-bond donors (Lipinski definition) is 0. The van der Waals surface area contributed by atoms with Gasteiger partial charge in [0, 0.05) is 0 Å². The van der Waals surface area contributed by atoms with Crippen molar-refractivity contribution in [2.75, 3.05) is 0 Å². The molecule has 0 atom stereocenters. The molecule has 0 heterocycles. The van der Waals surface area contributed by atoms with Crippen molar-refractivity contribution in [1.29, 1.82) is 0 Å². The van der Waals surface area contributed by atoms with E-state index >= 15 is 0 Å². The molecule has 0 unspecified atom stereocenters. The molecule has 13 rings (SSSR count). The van der Waals surface area contributed by atoms with Gasteiger partial charge in [-0.05, 0) is 167 Å². The van der Waals surface area contributed by atoms with E-state index in [4.69, 9.17) is 0 Å². The fourth-order valence-electron chi connectivity index (χ4n) is 10.00. The molecule has 0 radical (unpaired) electrons. The predicted octanol–water partition coefficient (Wildman–Crippen LogP) is 14.7. The van der Waals surface area contributed by atoms with E-state index in [1.54, 1.807) is 0 Å². The van der Waals surface area contributed by atoms with Crippen LogP contribution < -0.4 is 0 Å². The van der Waals surface area contributed by atoms with Gasteiger partial charge >= 0.3 is 0 Å². The molecular formula is C52H28. The number of fused-ring (bicyclic) bond motifs is 15. The van der Waals surface area contributed by atoms with Crippen molar-refractivity contribution in [2.45, 2.75) is 0 Å². The Balaban J connectivity index is 1.09. The van der Waals surface area contributed by atoms with Gasteiger partial charge in [-0.2, -0.15) is 0 Å². The van der Waals surface area contributed by atoms with Crippen LogP contribution in [0.4, 0.5) is 0 Å². The van der Waals surface area contributed by atoms with E-state index in [-0.39, 0.29) is 0 Å². The third-order valence-electron chi connectivity index (χ3n) is 12.2. The van der Waals surface area contributed by atoms with Crippen LogP contribution in [-0.2, 0) is 0 Å². The summed E-state index contributed by atoms with van der Waals surface area (Å²) in [7, 11) is 0. The summed E-state index contributed by atoms with van der Waals surface area (Å²) >= 11 is 0. The monoisotopic (exact) mass is 652 g/mol. The minimum atomic E-state index is 1.26. The molecule has 2 aliphatic carbocycles. The van der Waals surface area contributed by atoms with E-state index < -0.39 is 0 Å². The summed E-state index contributed by atoms with van der Waals surface area (Å²) in [4.78, 5) is 0. The Morgan fingerprint density at radius 2 is 0.712 bits per heavy atom. The highest BCUT2D eigenvalue weighted by molar-refractivity contribution is 6.30. The molecule has 11 aromatic rings. The van der Waals surface area contributed by atoms with Crippen LogP contribution in [0.1, 0.15) is 0 Å². The van der Waals surface area contributed by atoms with Crippen molar-refractivity contribution >= 4 is 75.4 Å². The zero-order chi connectivity index (χ0) is 33.7. The van der Waals surface area contributed by atoms with Gasteiger partial charge in [-0.1, -0.05) is 133 Å². The van der Waals surface area contributed by atoms with E-state index in [0.717, 1.165) is 0 Å². The normalized spacial score (nSPS) is 12.6. The summed E-state index contributed by atoms with van der Waals surface area (Å²) in [6, 6.07) is 64.2. The van der Waals surface area contributed by atoms with Crippen molar-refractivity contribution in [1.82, 2.24) is 0 Å². The minimum Gasteiger partial charge on any atom is -0.0622 e. The molecule has 0 saturated heterocycles. The van der Waals surface area contributed by atoms with Crippen LogP contribution in [0, 0.1) is 0 Å². The lowest BCUT2D eigenvalue weighted by Gasteiger charge is -2.14. The van der Waals surface area contributed by atoms with Crippen molar-refractivity contribution < 1.29 is 0 Å². The van der Waals surface area contributed by atoms with E-state index in [1.165, 1.54) is 131 Å². The van der Waals surface area contributed by atoms with E-state index in [2.05, 4.69) is 170 Å². The number of rotatable bonds is 1. The third kappa shape index (κ3) is 3.33. The largest absolute Gasteiger partial charge is 0.0622 e. The van der Waals surface area contributed by atoms with Crippen molar-refractivity contribution in [3.8, 4) is 55.6 Å². The predicted molar refractivity (Wildman–Crippen MR) is 223 cm³/mol. The van der Waals surface area contributed by atoms with E-state index in [0.29, 0.717) is 0 Å². The lowest BCUT2D eigenvalue weighted by molar-refractivity contribution is 1.65. The van der Waals surface area contributed by atoms with E-state index in [1.807, 2.05) is 0 Å². The number of hydrogen-bond acceptors (Lipinski definition) is 0. The molecule has 0 aliphatic heterocycles. The van der Waals surface area contributed by atoms with Crippen LogP contribution >= 0.6 is 0 Å². The smallest absolute Gasteiger partial charge is 0.00137 e. The first kappa shape index (κ1) is 27.0. The third-order valence-corrected chi connectivity index (χ3v) is 12.2. The lowest BCUT2D eigenvalue weighted by atomic mass is 9.89. The van der Waals surface area contributed by atoms with Crippen LogP contribution in [0.25, 0.3) is 131 Å². The Morgan fingerprint density at radius 3 is 1.42 bits per heavy atom. The van der Waals surface area contributed by atoms with Crippen LogP contribution in [-0.4, -0.2) is 0 Å². The zero-order valence-electron chi connectivity index (χ0n) is 28.2. The van der Waals surface area contributed by atoms with Gasteiger partial charge in [0.2, 0.25) is 0 Å². The Kier molecular flexibility index (Phi) is 4.94. The maximum absolute atomic E-state index is 2.50. The Labute approximate surface area is 299 Å². The van der Waals surface area contributed by atoms with Crippen LogP contribution in [0.15, 0.2) is 170 Å². The minimum absolute atomic E-state index is 1.26. The van der Waals surface area contributed by atoms with Crippen LogP contribution in [0.2, 0.25) is 0 Å². The van der Waals surface area contributed by atoms with Crippen molar-refractivity contribution in [2.24, 2.45) is 0 Å². The maximum Gasteiger partial charge on any atom is -0.00137 e. The molecular weight excluding hydrogens is 625 g/mol. The summed E-state index contributed by atoms with van der Waals surface area (Å²) in [6.45, 7) is 0. The quantitative estimate of drug-likeness (QED) is 0.155. The molecule has 0 saturated carbocycles. The second-order valence-corrected chi connectivity index (χ2v) is 14.8. The topological polar surface area (TPSA) is 0 Å². The highest BCUT2D eigenvalue weighted by Crippen LogP contribution is 2.55. The highest BCUT2D eigenvalue weighted by Gasteiger charge is 2.28. The molecule has 0 aromatic heterocycles. The molecule has 0 fully saturated rings. The molecule has 0 amide bonds. The van der Waals surface area contributed by atoms with Gasteiger partial charge in [0.15, 0.2) is 0 Å². The van der Waals surface area contributed by atoms with Gasteiger partial charge in [0.05, 0.1) is 0 Å². The SMILES string of the molecule is c1ccc(-c2ccc3c4c(cc5ccccc53)-c3cc5ccc6c7cc8c(cc7ccc6c5cc3-c24)-c2cc3ccccc3c3cccc-8c23)cc1. The van der Waals surface area contributed by atoms with Gasteiger partial charge in [0.25, 0.3) is 0 Å². The molecule has 52 heavy (non-hydrogen) atoms. The molecule has 0 bridgehead atoms. The van der Waals surface area contributed by atoms with Gasteiger partial charge < -0.3 is 0 Å². The van der Waals surface area contributed by atoms with Gasteiger partial charge in [0.1, 0.15) is 0 Å². The first-order valence-electron chi connectivity index (χ1n) is 18.3. The summed E-state index contributed by atoms with van der Waals surface area (Å²) < 4.78 is 0. The summed E-state index contributed by atoms with van der Waals surface area (Å²) in [5, 5.41) is 18.5. The molecule has 236 valence electrons. The fourth-order valence-corrected chi connectivity index (χ4v) is 10.00. The van der Waals surface area contributed by atoms with Crippen LogP contribution in [0.5, 0.6) is 0 Å². The second kappa shape index (κ2) is 9.51. The average molecular weight is 653 g/mol. The Hall–Kier alpha value is -6.76. The molecule has 0 N–H and O–H groups in total.